The SMILES string of the molecule is CCCCCC/C=C\C/C=C\CCCCCCCCCC(=O)OC(COCCCCCCCCCCCCCCCCCCC)COP(=O)(O)OCC[N+](C)(C)C. The standard InChI is InChI=1S/C48H94NO7P/c1-6-8-10-12-14-16-18-20-22-24-25-27-29-31-33-35-37-39-41-48(50)56-47(46-55-57(51,52)54-44-42-49(3,4)5)45-53-43-40-38-36-34-32-30-28-26-23-21-19-17-15-13-11-9-7-2/h16,18,22,24,47H,6-15,17,19-21,23,25-46H2,1-5H3/p+1/b18-16-,24-22-. The molecule has 0 aliphatic heterocycles. The van der Waals surface area contributed by atoms with Gasteiger partial charge in [0.1, 0.15) is 19.3 Å². The smallest absolute Gasteiger partial charge is 0.457 e. The highest BCUT2D eigenvalue weighted by Gasteiger charge is 2.26. The Morgan fingerprint density at radius 2 is 0.965 bits per heavy atom. The van der Waals surface area contributed by atoms with E-state index < -0.39 is 13.9 Å². The maximum Gasteiger partial charge on any atom is 0.472 e. The Balaban J connectivity index is 4.18. The van der Waals surface area contributed by atoms with E-state index in [4.69, 9.17) is 18.5 Å². The van der Waals surface area contributed by atoms with Crippen molar-refractivity contribution < 1.29 is 37.3 Å². The number of ether oxygens (including phenoxy) is 2. The largest absolute Gasteiger partial charge is 0.472 e. The van der Waals surface area contributed by atoms with E-state index in [2.05, 4.69) is 38.2 Å². The van der Waals surface area contributed by atoms with Crippen molar-refractivity contribution in [3.63, 3.8) is 0 Å². The molecule has 9 heteroatoms. The van der Waals surface area contributed by atoms with Crippen LogP contribution in [0.2, 0.25) is 0 Å². The zero-order chi connectivity index (χ0) is 42.0. The molecule has 1 N–H and O–H groups in total. The van der Waals surface area contributed by atoms with Crippen LogP contribution in [0, 0.1) is 0 Å². The quantitative estimate of drug-likeness (QED) is 0.0215. The molecule has 0 rings (SSSR count). The Bertz CT molecular complexity index is 967. The summed E-state index contributed by atoms with van der Waals surface area (Å²) in [7, 11) is 1.67. The summed E-state index contributed by atoms with van der Waals surface area (Å²) in [6, 6.07) is 0. The molecular formula is C48H95NO7P+. The predicted octanol–water partition coefficient (Wildman–Crippen LogP) is 14.4. The van der Waals surface area contributed by atoms with Crippen molar-refractivity contribution in [2.45, 2.75) is 225 Å². The van der Waals surface area contributed by atoms with Gasteiger partial charge in [0.05, 0.1) is 34.4 Å². The van der Waals surface area contributed by atoms with Gasteiger partial charge in [-0.3, -0.25) is 13.8 Å². The molecule has 0 amide bonds. The number of unbranched alkanes of at least 4 members (excludes halogenated alkanes) is 27. The zero-order valence-corrected chi connectivity index (χ0v) is 39.2. The Morgan fingerprint density at radius 3 is 1.44 bits per heavy atom. The number of esters is 1. The molecule has 0 aromatic rings. The average molecular weight is 829 g/mol. The average Bonchev–Trinajstić information content (AvgIpc) is 3.16. The van der Waals surface area contributed by atoms with Crippen molar-refractivity contribution in [2.24, 2.45) is 0 Å². The maximum atomic E-state index is 12.7. The Hall–Kier alpha value is -1.02. The number of likely N-dealkylation sites (N-methyl/N-ethyl adjacent to an activating group) is 1. The van der Waals surface area contributed by atoms with Crippen LogP contribution < -0.4 is 0 Å². The van der Waals surface area contributed by atoms with Gasteiger partial charge in [-0.25, -0.2) is 4.57 Å². The van der Waals surface area contributed by atoms with Gasteiger partial charge in [-0.15, -0.1) is 0 Å². The van der Waals surface area contributed by atoms with Crippen LogP contribution in [0.1, 0.15) is 219 Å². The molecular weight excluding hydrogens is 734 g/mol. The van der Waals surface area contributed by atoms with Crippen molar-refractivity contribution >= 4 is 13.8 Å². The van der Waals surface area contributed by atoms with E-state index in [0.29, 0.717) is 24.1 Å². The minimum atomic E-state index is -4.28. The maximum absolute atomic E-state index is 12.7. The van der Waals surface area contributed by atoms with Gasteiger partial charge < -0.3 is 18.9 Å². The Kier molecular flexibility index (Phi) is 41.0. The van der Waals surface area contributed by atoms with Gasteiger partial charge in [-0.2, -0.15) is 0 Å². The van der Waals surface area contributed by atoms with Crippen molar-refractivity contribution in [3.8, 4) is 0 Å². The van der Waals surface area contributed by atoms with Gasteiger partial charge in [-0.1, -0.05) is 192 Å². The number of rotatable bonds is 45. The molecule has 0 aromatic heterocycles. The molecule has 8 nitrogen and oxygen atoms in total. The monoisotopic (exact) mass is 829 g/mol. The van der Waals surface area contributed by atoms with Crippen LogP contribution in [-0.2, 0) is 27.9 Å². The lowest BCUT2D eigenvalue weighted by Gasteiger charge is -2.24. The normalized spacial score (nSPS) is 13.9. The third-order valence-corrected chi connectivity index (χ3v) is 11.5. The number of hydrogen-bond acceptors (Lipinski definition) is 6. The molecule has 0 aliphatic rings. The lowest BCUT2D eigenvalue weighted by atomic mass is 10.0. The highest BCUT2D eigenvalue weighted by Crippen LogP contribution is 2.43. The summed E-state index contributed by atoms with van der Waals surface area (Å²) < 4.78 is 35.1. The summed E-state index contributed by atoms with van der Waals surface area (Å²) in [5.74, 6) is -0.318. The fraction of sp³-hybridized carbons (Fsp3) is 0.896. The molecule has 0 aliphatic carbocycles. The van der Waals surface area contributed by atoms with Crippen LogP contribution in [0.15, 0.2) is 24.3 Å². The molecule has 0 heterocycles. The summed E-state index contributed by atoms with van der Waals surface area (Å²) in [5, 5.41) is 0. The third kappa shape index (κ3) is 45.9. The minimum absolute atomic E-state index is 0.0890. The number of hydrogen-bond donors (Lipinski definition) is 1. The molecule has 0 aromatic carbocycles. The molecule has 0 spiro atoms. The second-order valence-corrected chi connectivity index (χ2v) is 19.0. The molecule has 0 saturated heterocycles. The summed E-state index contributed by atoms with van der Waals surface area (Å²) in [4.78, 5) is 22.9. The van der Waals surface area contributed by atoms with Gasteiger partial charge in [0.25, 0.3) is 0 Å². The van der Waals surface area contributed by atoms with Crippen LogP contribution in [0.5, 0.6) is 0 Å². The van der Waals surface area contributed by atoms with E-state index in [9.17, 15) is 14.3 Å². The van der Waals surface area contributed by atoms with Crippen molar-refractivity contribution in [3.05, 3.63) is 24.3 Å². The van der Waals surface area contributed by atoms with Crippen LogP contribution >= 0.6 is 7.82 Å². The first-order chi connectivity index (χ1) is 27.6. The Morgan fingerprint density at radius 1 is 0.544 bits per heavy atom. The fourth-order valence-electron chi connectivity index (χ4n) is 6.76. The molecule has 0 radical (unpaired) electrons. The van der Waals surface area contributed by atoms with Gasteiger partial charge in [0, 0.05) is 13.0 Å². The molecule has 2 atom stereocenters. The van der Waals surface area contributed by atoms with E-state index in [1.807, 2.05) is 21.1 Å². The van der Waals surface area contributed by atoms with Crippen LogP contribution in [-0.4, -0.2) is 75.6 Å². The Labute approximate surface area is 353 Å². The molecule has 0 bridgehead atoms. The van der Waals surface area contributed by atoms with Crippen molar-refractivity contribution in [1.29, 1.82) is 0 Å². The summed E-state index contributed by atoms with van der Waals surface area (Å²) >= 11 is 0. The number of quaternary nitrogens is 1. The second kappa shape index (κ2) is 41.7. The molecule has 2 unspecified atom stereocenters. The number of nitrogens with zero attached hydrogens (tertiary/aromatic N) is 1. The van der Waals surface area contributed by atoms with Crippen LogP contribution in [0.4, 0.5) is 0 Å². The van der Waals surface area contributed by atoms with E-state index in [1.165, 1.54) is 154 Å². The first kappa shape index (κ1) is 56.0. The first-order valence-electron chi connectivity index (χ1n) is 24.1. The minimum Gasteiger partial charge on any atom is -0.457 e. The zero-order valence-electron chi connectivity index (χ0n) is 38.3. The summed E-state index contributed by atoms with van der Waals surface area (Å²) in [6.07, 6.45) is 47.8. The molecule has 57 heavy (non-hydrogen) atoms. The van der Waals surface area contributed by atoms with Gasteiger partial charge in [0.15, 0.2) is 0 Å². The third-order valence-electron chi connectivity index (χ3n) is 10.5. The number of phosphoric acid groups is 1. The lowest BCUT2D eigenvalue weighted by Crippen LogP contribution is -2.37. The summed E-state index contributed by atoms with van der Waals surface area (Å²) in [5.41, 5.74) is 0. The summed E-state index contributed by atoms with van der Waals surface area (Å²) in [6.45, 7) is 5.64. The predicted molar refractivity (Wildman–Crippen MR) is 243 cm³/mol. The topological polar surface area (TPSA) is 91.3 Å². The molecule has 0 fully saturated rings. The fourth-order valence-corrected chi connectivity index (χ4v) is 7.50. The van der Waals surface area contributed by atoms with E-state index in [-0.39, 0.29) is 25.8 Å². The van der Waals surface area contributed by atoms with Crippen molar-refractivity contribution in [1.82, 2.24) is 0 Å². The number of carbonyl (C=O) groups is 1. The van der Waals surface area contributed by atoms with Crippen LogP contribution in [0.3, 0.4) is 0 Å². The molecule has 0 saturated carbocycles. The number of carbonyl (C=O) groups excluding carboxylic acids is 1. The lowest BCUT2D eigenvalue weighted by molar-refractivity contribution is -0.870. The van der Waals surface area contributed by atoms with E-state index in [0.717, 1.165) is 44.9 Å². The second-order valence-electron chi connectivity index (χ2n) is 17.5. The molecule has 338 valence electrons. The first-order valence-corrected chi connectivity index (χ1v) is 25.6. The number of allylic oxidation sites excluding steroid dienone is 4. The van der Waals surface area contributed by atoms with Gasteiger partial charge >= 0.3 is 13.8 Å². The van der Waals surface area contributed by atoms with E-state index in [1.54, 1.807) is 0 Å². The van der Waals surface area contributed by atoms with Crippen molar-refractivity contribution in [2.75, 3.05) is 54.1 Å². The van der Waals surface area contributed by atoms with E-state index >= 15 is 0 Å². The van der Waals surface area contributed by atoms with Crippen LogP contribution in [0.25, 0.3) is 0 Å². The highest BCUT2D eigenvalue weighted by molar-refractivity contribution is 7.47. The van der Waals surface area contributed by atoms with Gasteiger partial charge in [0.2, 0.25) is 0 Å². The number of phosphoric ester groups is 1. The van der Waals surface area contributed by atoms with Gasteiger partial charge in [-0.05, 0) is 44.9 Å². The highest BCUT2D eigenvalue weighted by atomic mass is 31.2.